The summed E-state index contributed by atoms with van der Waals surface area (Å²) in [4.78, 5) is 29.3. The van der Waals surface area contributed by atoms with E-state index in [1.54, 1.807) is 48.1 Å². The van der Waals surface area contributed by atoms with Crippen molar-refractivity contribution in [3.63, 3.8) is 0 Å². The molecule has 1 aliphatic rings. The van der Waals surface area contributed by atoms with Crippen molar-refractivity contribution in [1.82, 2.24) is 14.8 Å². The SMILES string of the molecule is CCOC(=O)c1ccn(-c2ccc(NC(=O)c3nc(-c4ccccc4)oc3C3CC3)cc2)n1. The van der Waals surface area contributed by atoms with Gasteiger partial charge in [-0.3, -0.25) is 4.79 Å². The lowest BCUT2D eigenvalue weighted by Gasteiger charge is -2.06. The zero-order valence-electron chi connectivity index (χ0n) is 18.0. The summed E-state index contributed by atoms with van der Waals surface area (Å²) < 4.78 is 12.5. The zero-order valence-corrected chi connectivity index (χ0v) is 18.0. The van der Waals surface area contributed by atoms with Crippen molar-refractivity contribution in [2.45, 2.75) is 25.7 Å². The Kier molecular flexibility index (Phi) is 5.48. The fourth-order valence-corrected chi connectivity index (χ4v) is 3.49. The second-order valence-electron chi connectivity index (χ2n) is 7.74. The minimum Gasteiger partial charge on any atom is -0.461 e. The molecular weight excluding hydrogens is 420 g/mol. The number of nitrogens with zero attached hydrogens (tertiary/aromatic N) is 3. The van der Waals surface area contributed by atoms with Crippen molar-refractivity contribution in [1.29, 1.82) is 0 Å². The number of carbonyl (C=O) groups is 2. The second-order valence-corrected chi connectivity index (χ2v) is 7.74. The molecule has 4 aromatic rings. The van der Waals surface area contributed by atoms with Gasteiger partial charge in [-0.15, -0.1) is 0 Å². The fourth-order valence-electron chi connectivity index (χ4n) is 3.49. The van der Waals surface area contributed by atoms with Gasteiger partial charge in [-0.05, 0) is 62.2 Å². The van der Waals surface area contributed by atoms with Crippen molar-refractivity contribution in [2.75, 3.05) is 11.9 Å². The molecule has 1 saturated carbocycles. The third-order valence-corrected chi connectivity index (χ3v) is 5.30. The smallest absolute Gasteiger partial charge is 0.358 e. The number of amides is 1. The van der Waals surface area contributed by atoms with Crippen molar-refractivity contribution < 1.29 is 18.7 Å². The number of benzene rings is 2. The highest BCUT2D eigenvalue weighted by molar-refractivity contribution is 6.04. The van der Waals surface area contributed by atoms with Crippen LogP contribution in [0.4, 0.5) is 5.69 Å². The van der Waals surface area contributed by atoms with Crippen LogP contribution < -0.4 is 5.32 Å². The first-order valence-corrected chi connectivity index (χ1v) is 10.8. The second kappa shape index (κ2) is 8.74. The van der Waals surface area contributed by atoms with Gasteiger partial charge in [-0.1, -0.05) is 18.2 Å². The van der Waals surface area contributed by atoms with Crippen LogP contribution in [0, 0.1) is 0 Å². The normalized spacial score (nSPS) is 13.0. The molecule has 0 radical (unpaired) electrons. The zero-order chi connectivity index (χ0) is 22.8. The van der Waals surface area contributed by atoms with Gasteiger partial charge in [-0.25, -0.2) is 14.5 Å². The Labute approximate surface area is 190 Å². The number of nitrogens with one attached hydrogen (secondary N) is 1. The van der Waals surface area contributed by atoms with E-state index in [2.05, 4.69) is 15.4 Å². The quantitative estimate of drug-likeness (QED) is 0.412. The number of hydrogen-bond donors (Lipinski definition) is 1. The molecule has 166 valence electrons. The third kappa shape index (κ3) is 4.41. The Morgan fingerprint density at radius 2 is 1.85 bits per heavy atom. The molecule has 8 heteroatoms. The van der Waals surface area contributed by atoms with E-state index in [4.69, 9.17) is 9.15 Å². The van der Waals surface area contributed by atoms with Gasteiger partial charge in [0.1, 0.15) is 5.76 Å². The van der Waals surface area contributed by atoms with Crippen LogP contribution in [0.25, 0.3) is 17.1 Å². The van der Waals surface area contributed by atoms with E-state index >= 15 is 0 Å². The standard InChI is InChI=1S/C25H22N4O4/c1-2-32-25(31)20-14-15-29(28-20)19-12-10-18(11-13-19)26-23(30)21-22(16-8-9-16)33-24(27-21)17-6-4-3-5-7-17/h3-7,10-16H,2,8-9H2,1H3,(H,26,30). The average Bonchev–Trinajstić information content (AvgIpc) is 3.39. The van der Waals surface area contributed by atoms with Crippen molar-refractivity contribution in [3.05, 3.63) is 84.0 Å². The number of hydrogen-bond acceptors (Lipinski definition) is 6. The van der Waals surface area contributed by atoms with Gasteiger partial charge in [0.25, 0.3) is 5.91 Å². The Morgan fingerprint density at radius 3 is 2.55 bits per heavy atom. The van der Waals surface area contributed by atoms with Crippen LogP contribution >= 0.6 is 0 Å². The van der Waals surface area contributed by atoms with E-state index in [-0.39, 0.29) is 17.5 Å². The summed E-state index contributed by atoms with van der Waals surface area (Å²) in [6, 6.07) is 18.3. The van der Waals surface area contributed by atoms with Crippen molar-refractivity contribution in [3.8, 4) is 17.1 Å². The highest BCUT2D eigenvalue weighted by Crippen LogP contribution is 2.43. The van der Waals surface area contributed by atoms with E-state index in [0.717, 1.165) is 24.1 Å². The lowest BCUT2D eigenvalue weighted by molar-refractivity contribution is 0.0519. The molecule has 1 amide bonds. The maximum Gasteiger partial charge on any atom is 0.358 e. The van der Waals surface area contributed by atoms with Gasteiger partial charge in [-0.2, -0.15) is 5.10 Å². The number of esters is 1. The topological polar surface area (TPSA) is 99.2 Å². The first-order valence-electron chi connectivity index (χ1n) is 10.8. The molecule has 1 N–H and O–H groups in total. The van der Waals surface area contributed by atoms with Crippen molar-refractivity contribution >= 4 is 17.6 Å². The maximum absolute atomic E-state index is 13.0. The summed E-state index contributed by atoms with van der Waals surface area (Å²) in [5, 5.41) is 7.14. The molecule has 8 nitrogen and oxygen atoms in total. The molecule has 0 saturated heterocycles. The summed E-state index contributed by atoms with van der Waals surface area (Å²) in [5.74, 6) is 0.569. The molecule has 0 unspecified atom stereocenters. The highest BCUT2D eigenvalue weighted by atomic mass is 16.5. The Morgan fingerprint density at radius 1 is 1.09 bits per heavy atom. The molecule has 1 fully saturated rings. The molecule has 33 heavy (non-hydrogen) atoms. The molecule has 2 heterocycles. The number of ether oxygens (including phenoxy) is 1. The number of carbonyl (C=O) groups excluding carboxylic acids is 2. The van der Waals surface area contributed by atoms with Gasteiger partial charge in [0.05, 0.1) is 12.3 Å². The number of anilines is 1. The minimum absolute atomic E-state index is 0.238. The monoisotopic (exact) mass is 442 g/mol. The average molecular weight is 442 g/mol. The van der Waals surface area contributed by atoms with Gasteiger partial charge in [0.15, 0.2) is 11.4 Å². The molecule has 0 spiro atoms. The molecular formula is C25H22N4O4. The molecule has 5 rings (SSSR count). The minimum atomic E-state index is -0.464. The molecule has 0 atom stereocenters. The predicted octanol–water partition coefficient (Wildman–Crippen LogP) is 4.83. The summed E-state index contributed by atoms with van der Waals surface area (Å²) >= 11 is 0. The molecule has 1 aliphatic carbocycles. The van der Waals surface area contributed by atoms with Crippen molar-refractivity contribution in [2.24, 2.45) is 0 Å². The summed E-state index contributed by atoms with van der Waals surface area (Å²) in [6.07, 6.45) is 3.67. The van der Waals surface area contributed by atoms with E-state index in [9.17, 15) is 9.59 Å². The fraction of sp³-hybridized carbons (Fsp3) is 0.200. The predicted molar refractivity (Wildman–Crippen MR) is 121 cm³/mol. The summed E-state index contributed by atoms with van der Waals surface area (Å²) in [5.41, 5.74) is 2.76. The number of rotatable bonds is 7. The van der Waals surface area contributed by atoms with E-state index in [1.807, 2.05) is 30.3 Å². The Balaban J connectivity index is 1.33. The lowest BCUT2D eigenvalue weighted by Crippen LogP contribution is -2.14. The third-order valence-electron chi connectivity index (χ3n) is 5.30. The Hall–Kier alpha value is -4.20. The largest absolute Gasteiger partial charge is 0.461 e. The van der Waals surface area contributed by atoms with Crippen LogP contribution in [-0.4, -0.2) is 33.2 Å². The van der Waals surface area contributed by atoms with E-state index in [1.165, 1.54) is 0 Å². The highest BCUT2D eigenvalue weighted by Gasteiger charge is 2.34. The molecule has 2 aromatic heterocycles. The van der Waals surface area contributed by atoms with E-state index < -0.39 is 5.97 Å². The lowest BCUT2D eigenvalue weighted by atomic mass is 10.2. The molecule has 2 aromatic carbocycles. The van der Waals surface area contributed by atoms with E-state index in [0.29, 0.717) is 29.6 Å². The maximum atomic E-state index is 13.0. The van der Waals surface area contributed by atoms with Crippen LogP contribution in [0.1, 0.15) is 52.4 Å². The molecule has 0 bridgehead atoms. The first-order chi connectivity index (χ1) is 16.1. The van der Waals surface area contributed by atoms with Crippen LogP contribution in [0.2, 0.25) is 0 Å². The summed E-state index contributed by atoms with van der Waals surface area (Å²) in [7, 11) is 0. The van der Waals surface area contributed by atoms with Crippen LogP contribution in [-0.2, 0) is 4.74 Å². The van der Waals surface area contributed by atoms with Gasteiger partial charge in [0.2, 0.25) is 5.89 Å². The summed E-state index contributed by atoms with van der Waals surface area (Å²) in [6.45, 7) is 2.04. The van der Waals surface area contributed by atoms with Gasteiger partial charge in [0, 0.05) is 23.4 Å². The van der Waals surface area contributed by atoms with Gasteiger partial charge >= 0.3 is 5.97 Å². The Bertz CT molecular complexity index is 1290. The molecule has 0 aliphatic heterocycles. The van der Waals surface area contributed by atoms with Crippen LogP contribution in [0.3, 0.4) is 0 Å². The first kappa shape index (κ1) is 20.7. The number of oxazole rings is 1. The van der Waals surface area contributed by atoms with Crippen LogP contribution in [0.15, 0.2) is 71.3 Å². The van der Waals surface area contributed by atoms with Gasteiger partial charge < -0.3 is 14.5 Å². The number of aromatic nitrogens is 3. The van der Waals surface area contributed by atoms with Crippen LogP contribution in [0.5, 0.6) is 0 Å².